The molecule has 0 heterocycles. The largest absolute Gasteiger partial charge is 0.493 e. The van der Waals surface area contributed by atoms with Crippen molar-refractivity contribution in [3.63, 3.8) is 0 Å². The van der Waals surface area contributed by atoms with Gasteiger partial charge in [0.2, 0.25) is 0 Å². The van der Waals surface area contributed by atoms with Crippen LogP contribution in [0.5, 0.6) is 5.75 Å². The van der Waals surface area contributed by atoms with E-state index in [4.69, 9.17) is 4.74 Å². The summed E-state index contributed by atoms with van der Waals surface area (Å²) in [5.74, 6) is 0.180. The van der Waals surface area contributed by atoms with Crippen molar-refractivity contribution in [3.8, 4) is 5.75 Å². The predicted molar refractivity (Wildman–Crippen MR) is 68.7 cm³/mol. The first-order valence-corrected chi connectivity index (χ1v) is 5.77. The summed E-state index contributed by atoms with van der Waals surface area (Å²) in [6.45, 7) is 0.382. The second-order valence-corrected chi connectivity index (χ2v) is 3.98. The average Bonchev–Trinajstić information content (AvgIpc) is 2.41. The molecule has 0 N–H and O–H groups in total. The van der Waals surface area contributed by atoms with E-state index in [0.717, 1.165) is 5.56 Å². The third-order valence-electron chi connectivity index (χ3n) is 2.60. The maximum absolute atomic E-state index is 12.7. The van der Waals surface area contributed by atoms with Crippen LogP contribution in [0.15, 0.2) is 48.5 Å². The van der Waals surface area contributed by atoms with E-state index in [1.807, 2.05) is 0 Å². The fraction of sp³-hybridized carbons (Fsp3) is 0.143. The zero-order valence-electron chi connectivity index (χ0n) is 10.1. The third kappa shape index (κ3) is 3.77. The van der Waals surface area contributed by atoms with E-state index in [0.29, 0.717) is 18.8 Å². The zero-order valence-corrected chi connectivity index (χ0v) is 10.1. The van der Waals surface area contributed by atoms with Crippen molar-refractivity contribution in [2.45, 2.75) is 6.42 Å². The van der Waals surface area contributed by atoms with E-state index in [-0.39, 0.29) is 11.5 Å². The normalized spacial score (nSPS) is 10.2. The maximum atomic E-state index is 12.7. The van der Waals surface area contributed by atoms with E-state index in [1.165, 1.54) is 24.3 Å². The minimum Gasteiger partial charge on any atom is -0.493 e. The van der Waals surface area contributed by atoms with Crippen molar-refractivity contribution in [3.05, 3.63) is 70.0 Å². The summed E-state index contributed by atoms with van der Waals surface area (Å²) < 4.78 is 18.1. The lowest BCUT2D eigenvalue weighted by molar-refractivity contribution is -0.384. The molecule has 0 aliphatic rings. The first kappa shape index (κ1) is 13.0. The van der Waals surface area contributed by atoms with Gasteiger partial charge in [-0.25, -0.2) is 4.39 Å². The molecule has 0 aliphatic carbocycles. The van der Waals surface area contributed by atoms with Crippen LogP contribution in [-0.2, 0) is 6.42 Å². The Morgan fingerprint density at radius 2 is 1.89 bits per heavy atom. The molecule has 0 spiro atoms. The summed E-state index contributed by atoms with van der Waals surface area (Å²) >= 11 is 0. The molecule has 0 bridgehead atoms. The van der Waals surface area contributed by atoms with Crippen molar-refractivity contribution in [1.29, 1.82) is 0 Å². The number of hydrogen-bond donors (Lipinski definition) is 0. The molecule has 0 aromatic heterocycles. The lowest BCUT2D eigenvalue weighted by Gasteiger charge is -2.06. The smallest absolute Gasteiger partial charge is 0.273 e. The average molecular weight is 261 g/mol. The number of hydrogen-bond acceptors (Lipinski definition) is 3. The molecule has 98 valence electrons. The van der Waals surface area contributed by atoms with Crippen molar-refractivity contribution >= 4 is 5.69 Å². The van der Waals surface area contributed by atoms with Gasteiger partial charge in [0.1, 0.15) is 11.6 Å². The van der Waals surface area contributed by atoms with Crippen molar-refractivity contribution in [2.24, 2.45) is 0 Å². The fourth-order valence-corrected chi connectivity index (χ4v) is 1.62. The summed E-state index contributed by atoms with van der Waals surface area (Å²) in [4.78, 5) is 10.1. The van der Waals surface area contributed by atoms with Crippen molar-refractivity contribution < 1.29 is 14.1 Å². The second-order valence-electron chi connectivity index (χ2n) is 3.98. The molecule has 5 heteroatoms. The fourth-order valence-electron chi connectivity index (χ4n) is 1.62. The Bertz CT molecular complexity index is 569. The number of nitro groups is 1. The number of ether oxygens (including phenoxy) is 1. The summed E-state index contributed by atoms with van der Waals surface area (Å²) in [6.07, 6.45) is 0.614. The van der Waals surface area contributed by atoms with Crippen LogP contribution in [0.25, 0.3) is 0 Å². The van der Waals surface area contributed by atoms with Gasteiger partial charge in [-0.3, -0.25) is 10.1 Å². The molecule has 2 rings (SSSR count). The van der Waals surface area contributed by atoms with Crippen LogP contribution in [0.4, 0.5) is 10.1 Å². The predicted octanol–water partition coefficient (Wildman–Crippen LogP) is 3.36. The van der Waals surface area contributed by atoms with Crippen LogP contribution in [0.3, 0.4) is 0 Å². The first-order valence-electron chi connectivity index (χ1n) is 5.77. The lowest BCUT2D eigenvalue weighted by atomic mass is 10.2. The number of benzene rings is 2. The van der Waals surface area contributed by atoms with E-state index < -0.39 is 4.92 Å². The summed E-state index contributed by atoms with van der Waals surface area (Å²) in [5.41, 5.74) is 0.950. The monoisotopic (exact) mass is 261 g/mol. The molecule has 0 saturated heterocycles. The van der Waals surface area contributed by atoms with Crippen LogP contribution in [-0.4, -0.2) is 11.5 Å². The quantitative estimate of drug-likeness (QED) is 0.612. The highest BCUT2D eigenvalue weighted by Crippen LogP contribution is 2.19. The molecule has 0 amide bonds. The van der Waals surface area contributed by atoms with Gasteiger partial charge < -0.3 is 4.74 Å². The maximum Gasteiger partial charge on any atom is 0.273 e. The van der Waals surface area contributed by atoms with Gasteiger partial charge in [-0.15, -0.1) is 0 Å². The lowest BCUT2D eigenvalue weighted by Crippen LogP contribution is -2.01. The molecule has 0 unspecified atom stereocenters. The second kappa shape index (κ2) is 5.95. The SMILES string of the molecule is O=[N+]([O-])c1cccc(OCCc2ccc(F)cc2)c1. The van der Waals surface area contributed by atoms with Gasteiger partial charge in [-0.05, 0) is 23.8 Å². The van der Waals surface area contributed by atoms with Gasteiger partial charge >= 0.3 is 0 Å². The molecular formula is C14H12FNO3. The van der Waals surface area contributed by atoms with Gasteiger partial charge in [-0.2, -0.15) is 0 Å². The Labute approximate surface area is 109 Å². The van der Waals surface area contributed by atoms with E-state index in [2.05, 4.69) is 0 Å². The van der Waals surface area contributed by atoms with E-state index in [1.54, 1.807) is 24.3 Å². The van der Waals surface area contributed by atoms with Gasteiger partial charge in [-0.1, -0.05) is 18.2 Å². The molecule has 2 aromatic carbocycles. The molecule has 2 aromatic rings. The zero-order chi connectivity index (χ0) is 13.7. The molecule has 0 fully saturated rings. The Hall–Kier alpha value is -2.43. The number of rotatable bonds is 5. The highest BCUT2D eigenvalue weighted by molar-refractivity contribution is 5.37. The van der Waals surface area contributed by atoms with Crippen molar-refractivity contribution in [2.75, 3.05) is 6.61 Å². The standard InChI is InChI=1S/C14H12FNO3/c15-12-6-4-11(5-7-12)8-9-19-14-3-1-2-13(10-14)16(17)18/h1-7,10H,8-9H2. The first-order chi connectivity index (χ1) is 9.15. The number of halogens is 1. The molecule has 4 nitrogen and oxygen atoms in total. The van der Waals surface area contributed by atoms with Crippen LogP contribution in [0, 0.1) is 15.9 Å². The minimum atomic E-state index is -0.465. The Morgan fingerprint density at radius 3 is 2.58 bits per heavy atom. The van der Waals surface area contributed by atoms with Gasteiger partial charge in [0, 0.05) is 12.5 Å². The number of nitro benzene ring substituents is 1. The highest BCUT2D eigenvalue weighted by atomic mass is 19.1. The topological polar surface area (TPSA) is 52.4 Å². The van der Waals surface area contributed by atoms with Gasteiger partial charge in [0.05, 0.1) is 17.6 Å². The van der Waals surface area contributed by atoms with E-state index in [9.17, 15) is 14.5 Å². The molecular weight excluding hydrogens is 249 g/mol. The van der Waals surface area contributed by atoms with E-state index >= 15 is 0 Å². The van der Waals surface area contributed by atoms with Crippen LogP contribution >= 0.6 is 0 Å². The van der Waals surface area contributed by atoms with Crippen LogP contribution < -0.4 is 4.74 Å². The molecule has 19 heavy (non-hydrogen) atoms. The number of nitrogens with zero attached hydrogens (tertiary/aromatic N) is 1. The van der Waals surface area contributed by atoms with Crippen molar-refractivity contribution in [1.82, 2.24) is 0 Å². The number of non-ortho nitro benzene ring substituents is 1. The molecule has 0 saturated carbocycles. The summed E-state index contributed by atoms with van der Waals surface area (Å²) in [6, 6.07) is 12.2. The highest BCUT2D eigenvalue weighted by Gasteiger charge is 2.06. The molecule has 0 aliphatic heterocycles. The van der Waals surface area contributed by atoms with Gasteiger partial charge in [0.25, 0.3) is 5.69 Å². The third-order valence-corrected chi connectivity index (χ3v) is 2.60. The summed E-state index contributed by atoms with van der Waals surface area (Å²) in [7, 11) is 0. The Balaban J connectivity index is 1.90. The van der Waals surface area contributed by atoms with Crippen LogP contribution in [0.1, 0.15) is 5.56 Å². The van der Waals surface area contributed by atoms with Crippen LogP contribution in [0.2, 0.25) is 0 Å². The van der Waals surface area contributed by atoms with Gasteiger partial charge in [0.15, 0.2) is 0 Å². The minimum absolute atomic E-state index is 0.000665. The Kier molecular flexibility index (Phi) is 4.07. The Morgan fingerprint density at radius 1 is 1.16 bits per heavy atom. The summed E-state index contributed by atoms with van der Waals surface area (Å²) in [5, 5.41) is 10.6. The molecule has 0 atom stereocenters. The molecule has 0 radical (unpaired) electrons.